The van der Waals surface area contributed by atoms with Gasteiger partial charge >= 0.3 is 0 Å². The molecule has 3 rings (SSSR count). The molecule has 1 N–H and O–H groups in total. The maximum absolute atomic E-state index is 12.1. The Morgan fingerprint density at radius 1 is 1.27 bits per heavy atom. The lowest BCUT2D eigenvalue weighted by Gasteiger charge is -2.33. The van der Waals surface area contributed by atoms with Crippen LogP contribution in [-0.2, 0) is 7.05 Å². The molecular weight excluding hydrogens is 276 g/mol. The Balaban J connectivity index is 1.49. The van der Waals surface area contributed by atoms with Gasteiger partial charge < -0.3 is 14.8 Å². The van der Waals surface area contributed by atoms with Crippen molar-refractivity contribution in [2.24, 2.45) is 13.0 Å². The lowest BCUT2D eigenvalue weighted by atomic mass is 9.93. The van der Waals surface area contributed by atoms with Crippen molar-refractivity contribution in [2.45, 2.75) is 38.1 Å². The highest BCUT2D eigenvalue weighted by atomic mass is 16.1. The highest BCUT2D eigenvalue weighted by Gasteiger charge is 2.22. The first-order chi connectivity index (χ1) is 10.7. The van der Waals surface area contributed by atoms with Gasteiger partial charge in [0.1, 0.15) is 0 Å². The van der Waals surface area contributed by atoms with Crippen LogP contribution < -0.4 is 15.8 Å². The van der Waals surface area contributed by atoms with Crippen molar-refractivity contribution in [3.8, 4) is 0 Å². The van der Waals surface area contributed by atoms with E-state index in [4.69, 9.17) is 0 Å². The molecule has 1 atom stereocenters. The normalized spacial score (nSPS) is 23.0. The number of allylic oxidation sites excluding steroid dienone is 2. The average Bonchev–Trinajstić information content (AvgIpc) is 2.57. The Morgan fingerprint density at radius 3 is 2.82 bits per heavy atom. The smallest absolute Gasteiger partial charge is 0.293 e. The molecule has 0 unspecified atom stereocenters. The van der Waals surface area contributed by atoms with Crippen LogP contribution in [-0.4, -0.2) is 35.2 Å². The van der Waals surface area contributed by atoms with Crippen molar-refractivity contribution in [3.05, 3.63) is 34.9 Å². The quantitative estimate of drug-likeness (QED) is 0.860. The molecule has 2 aliphatic rings. The lowest BCUT2D eigenvalue weighted by Crippen LogP contribution is -2.45. The van der Waals surface area contributed by atoms with Crippen LogP contribution in [0, 0.1) is 5.92 Å². The van der Waals surface area contributed by atoms with E-state index in [1.54, 1.807) is 24.0 Å². The van der Waals surface area contributed by atoms with Crippen molar-refractivity contribution in [3.63, 3.8) is 0 Å². The van der Waals surface area contributed by atoms with Crippen LogP contribution in [0.25, 0.3) is 0 Å². The first-order valence-corrected chi connectivity index (χ1v) is 8.39. The third-order valence-corrected chi connectivity index (χ3v) is 4.87. The largest absolute Gasteiger partial charge is 0.352 e. The van der Waals surface area contributed by atoms with E-state index in [2.05, 4.69) is 27.4 Å². The number of hydrogen-bond donors (Lipinski definition) is 1. The molecule has 0 bridgehead atoms. The number of piperidine rings is 1. The summed E-state index contributed by atoms with van der Waals surface area (Å²) < 4.78 is 1.60. The molecule has 1 saturated heterocycles. The average molecular weight is 302 g/mol. The molecule has 1 aliphatic carbocycles. The summed E-state index contributed by atoms with van der Waals surface area (Å²) in [6.45, 7) is 2.95. The number of rotatable bonds is 4. The van der Waals surface area contributed by atoms with E-state index in [9.17, 15) is 4.79 Å². The van der Waals surface area contributed by atoms with Crippen LogP contribution >= 0.6 is 0 Å². The molecule has 0 saturated carbocycles. The van der Waals surface area contributed by atoms with Crippen molar-refractivity contribution < 1.29 is 0 Å². The standard InChI is InChI=1S/C17H26N4O/c1-20-12-9-18-16(17(20)22)21-10-7-15(8-11-21)19-13-14-5-3-2-4-6-14/h2-3,9,12,14-15,19H,4-8,10-11,13H2,1H3/t14-/m0/s1. The van der Waals surface area contributed by atoms with E-state index in [0.29, 0.717) is 11.9 Å². The van der Waals surface area contributed by atoms with E-state index in [1.807, 2.05) is 0 Å². The second-order valence-corrected chi connectivity index (χ2v) is 6.49. The van der Waals surface area contributed by atoms with Crippen LogP contribution in [0.2, 0.25) is 0 Å². The summed E-state index contributed by atoms with van der Waals surface area (Å²) in [7, 11) is 1.78. The number of aryl methyl sites for hydroxylation is 1. The van der Waals surface area contributed by atoms with Crippen molar-refractivity contribution >= 4 is 5.82 Å². The zero-order valence-electron chi connectivity index (χ0n) is 13.4. The first kappa shape index (κ1) is 15.3. The van der Waals surface area contributed by atoms with Gasteiger partial charge in [0.05, 0.1) is 0 Å². The molecule has 5 heteroatoms. The molecule has 120 valence electrons. The third kappa shape index (κ3) is 3.58. The Morgan fingerprint density at radius 2 is 2.09 bits per heavy atom. The summed E-state index contributed by atoms with van der Waals surface area (Å²) in [6, 6.07) is 0.578. The minimum atomic E-state index is 0.00269. The second-order valence-electron chi connectivity index (χ2n) is 6.49. The molecule has 0 aromatic carbocycles. The molecule has 5 nitrogen and oxygen atoms in total. The minimum absolute atomic E-state index is 0.00269. The predicted octanol–water partition coefficient (Wildman–Crippen LogP) is 1.69. The number of nitrogens with one attached hydrogen (secondary N) is 1. The Labute approximate surface area is 132 Å². The van der Waals surface area contributed by atoms with E-state index >= 15 is 0 Å². The van der Waals surface area contributed by atoms with Crippen LogP contribution in [0.1, 0.15) is 32.1 Å². The first-order valence-electron chi connectivity index (χ1n) is 8.39. The number of nitrogens with zero attached hydrogens (tertiary/aromatic N) is 3. The molecule has 1 fully saturated rings. The summed E-state index contributed by atoms with van der Waals surface area (Å²) in [5.41, 5.74) is 0.00269. The highest BCUT2D eigenvalue weighted by Crippen LogP contribution is 2.19. The molecule has 2 heterocycles. The third-order valence-electron chi connectivity index (χ3n) is 4.87. The Hall–Kier alpha value is -1.62. The van der Waals surface area contributed by atoms with Gasteiger partial charge in [0.2, 0.25) is 0 Å². The number of anilines is 1. The van der Waals surface area contributed by atoms with Gasteiger partial charge in [0.15, 0.2) is 5.82 Å². The zero-order valence-corrected chi connectivity index (χ0v) is 13.4. The van der Waals surface area contributed by atoms with Crippen molar-refractivity contribution in [1.29, 1.82) is 0 Å². The van der Waals surface area contributed by atoms with Gasteiger partial charge in [-0.3, -0.25) is 4.79 Å². The SMILES string of the molecule is Cn1ccnc(N2CCC(NC[C@H]3CC=CCC3)CC2)c1=O. The van der Waals surface area contributed by atoms with Crippen molar-refractivity contribution in [2.75, 3.05) is 24.5 Å². The molecule has 0 spiro atoms. The minimum Gasteiger partial charge on any atom is -0.352 e. The van der Waals surface area contributed by atoms with Gasteiger partial charge in [-0.1, -0.05) is 12.2 Å². The molecular formula is C17H26N4O. The van der Waals surface area contributed by atoms with Gasteiger partial charge in [-0.2, -0.15) is 0 Å². The predicted molar refractivity (Wildman–Crippen MR) is 89.2 cm³/mol. The molecule has 0 radical (unpaired) electrons. The van der Waals surface area contributed by atoms with Gasteiger partial charge in [0.25, 0.3) is 5.56 Å². The monoisotopic (exact) mass is 302 g/mol. The maximum Gasteiger partial charge on any atom is 0.293 e. The van der Waals surface area contributed by atoms with Crippen LogP contribution in [0.5, 0.6) is 0 Å². The molecule has 1 aliphatic heterocycles. The van der Waals surface area contributed by atoms with Gasteiger partial charge in [0, 0.05) is 38.6 Å². The summed E-state index contributed by atoms with van der Waals surface area (Å²) in [5, 5.41) is 3.73. The topological polar surface area (TPSA) is 50.2 Å². The zero-order chi connectivity index (χ0) is 15.4. The van der Waals surface area contributed by atoms with Gasteiger partial charge in [-0.15, -0.1) is 0 Å². The number of aromatic nitrogens is 2. The van der Waals surface area contributed by atoms with E-state index < -0.39 is 0 Å². The Kier molecular flexibility index (Phi) is 4.93. The fourth-order valence-electron chi connectivity index (χ4n) is 3.37. The molecule has 1 aromatic heterocycles. The van der Waals surface area contributed by atoms with Crippen LogP contribution in [0.3, 0.4) is 0 Å². The summed E-state index contributed by atoms with van der Waals surface area (Å²) >= 11 is 0. The van der Waals surface area contributed by atoms with E-state index in [1.165, 1.54) is 19.3 Å². The van der Waals surface area contributed by atoms with Gasteiger partial charge in [-0.05, 0) is 44.6 Å². The highest BCUT2D eigenvalue weighted by molar-refractivity contribution is 5.36. The second kappa shape index (κ2) is 7.09. The summed E-state index contributed by atoms with van der Waals surface area (Å²) in [5.74, 6) is 1.40. The van der Waals surface area contributed by atoms with Gasteiger partial charge in [-0.25, -0.2) is 4.98 Å². The maximum atomic E-state index is 12.1. The summed E-state index contributed by atoms with van der Waals surface area (Å²) in [4.78, 5) is 18.5. The summed E-state index contributed by atoms with van der Waals surface area (Å²) in [6.07, 6.45) is 14.0. The fourth-order valence-corrected chi connectivity index (χ4v) is 3.37. The van der Waals surface area contributed by atoms with Crippen LogP contribution in [0.4, 0.5) is 5.82 Å². The number of hydrogen-bond acceptors (Lipinski definition) is 4. The lowest BCUT2D eigenvalue weighted by molar-refractivity contribution is 0.360. The molecule has 22 heavy (non-hydrogen) atoms. The molecule has 0 amide bonds. The molecule has 1 aromatic rings. The van der Waals surface area contributed by atoms with E-state index in [0.717, 1.165) is 38.4 Å². The Bertz CT molecular complexity index is 572. The fraction of sp³-hybridized carbons (Fsp3) is 0.647. The van der Waals surface area contributed by atoms with Crippen LogP contribution in [0.15, 0.2) is 29.3 Å². The van der Waals surface area contributed by atoms with E-state index in [-0.39, 0.29) is 5.56 Å². The van der Waals surface area contributed by atoms with Crippen molar-refractivity contribution in [1.82, 2.24) is 14.9 Å².